The molecule has 1 aliphatic heterocycles. The number of carbonyl (C=O) groups is 1. The molecule has 0 bridgehead atoms. The van der Waals surface area contributed by atoms with Crippen LogP contribution in [0.15, 0.2) is 51.7 Å². The van der Waals surface area contributed by atoms with Crippen molar-refractivity contribution in [2.24, 2.45) is 0 Å². The first-order valence-electron chi connectivity index (χ1n) is 10.7. The minimum atomic E-state index is -0.749. The molecule has 0 aliphatic carbocycles. The first-order chi connectivity index (χ1) is 15.9. The van der Waals surface area contributed by atoms with E-state index >= 15 is 0 Å². The van der Waals surface area contributed by atoms with Crippen molar-refractivity contribution < 1.29 is 18.3 Å². The number of hydrogen-bond acceptors (Lipinski definition) is 6. The summed E-state index contributed by atoms with van der Waals surface area (Å²) in [5, 5.41) is 0.579. The Kier molecular flexibility index (Phi) is 5.25. The van der Waals surface area contributed by atoms with E-state index in [2.05, 4.69) is 4.98 Å². The number of anilines is 1. The predicted octanol–water partition coefficient (Wildman–Crippen LogP) is 5.54. The van der Waals surface area contributed by atoms with Gasteiger partial charge in [-0.15, -0.1) is 11.3 Å². The average molecular weight is 465 g/mol. The molecule has 0 radical (unpaired) electrons. The van der Waals surface area contributed by atoms with Gasteiger partial charge in [-0.1, -0.05) is 19.1 Å². The Bertz CT molecular complexity index is 1420. The van der Waals surface area contributed by atoms with Gasteiger partial charge in [0.15, 0.2) is 10.6 Å². The lowest BCUT2D eigenvalue weighted by Crippen LogP contribution is -2.29. The zero-order valence-electron chi connectivity index (χ0n) is 18.3. The fourth-order valence-electron chi connectivity index (χ4n) is 3.98. The van der Waals surface area contributed by atoms with Crippen molar-refractivity contribution >= 4 is 33.3 Å². The number of ether oxygens (including phenoxy) is 1. The van der Waals surface area contributed by atoms with Crippen molar-refractivity contribution in [3.05, 3.63) is 86.0 Å². The van der Waals surface area contributed by atoms with E-state index in [4.69, 9.17) is 9.15 Å². The second kappa shape index (κ2) is 8.12. The van der Waals surface area contributed by atoms with E-state index in [0.717, 1.165) is 23.1 Å². The van der Waals surface area contributed by atoms with Crippen LogP contribution in [0.4, 0.5) is 9.52 Å². The minimum absolute atomic E-state index is 0.0408. The van der Waals surface area contributed by atoms with Gasteiger partial charge in [0.2, 0.25) is 5.76 Å². The number of halogens is 1. The second-order valence-corrected chi connectivity index (χ2v) is 9.13. The van der Waals surface area contributed by atoms with Gasteiger partial charge in [-0.2, -0.15) is 0 Å². The van der Waals surface area contributed by atoms with Crippen LogP contribution >= 0.6 is 11.3 Å². The van der Waals surface area contributed by atoms with Gasteiger partial charge in [-0.3, -0.25) is 14.5 Å². The number of hydrogen-bond donors (Lipinski definition) is 0. The highest BCUT2D eigenvalue weighted by atomic mass is 32.1. The van der Waals surface area contributed by atoms with E-state index in [0.29, 0.717) is 23.1 Å². The molecule has 2 aromatic heterocycles. The summed E-state index contributed by atoms with van der Waals surface area (Å²) < 4.78 is 25.5. The molecule has 1 amide bonds. The molecule has 1 aliphatic rings. The number of rotatable bonds is 5. The van der Waals surface area contributed by atoms with Crippen LogP contribution in [0.25, 0.3) is 11.0 Å². The normalized spacial score (nSPS) is 15.3. The topological polar surface area (TPSA) is 72.6 Å². The quantitative estimate of drug-likeness (QED) is 0.388. The molecular formula is C25H21FN2O4S. The lowest BCUT2D eigenvalue weighted by molar-refractivity contribution is 0.0971. The summed E-state index contributed by atoms with van der Waals surface area (Å²) >= 11 is 1.38. The zero-order valence-corrected chi connectivity index (χ0v) is 19.2. The molecule has 0 N–H and O–H groups in total. The molecule has 33 heavy (non-hydrogen) atoms. The molecule has 0 fully saturated rings. The van der Waals surface area contributed by atoms with Crippen LogP contribution in [0, 0.1) is 19.7 Å². The van der Waals surface area contributed by atoms with E-state index in [1.807, 2.05) is 45.0 Å². The summed E-state index contributed by atoms with van der Waals surface area (Å²) in [4.78, 5) is 34.1. The summed E-state index contributed by atoms with van der Waals surface area (Å²) in [6, 6.07) is 10.2. The van der Waals surface area contributed by atoms with Crippen molar-refractivity contribution in [3.8, 4) is 5.75 Å². The Balaban J connectivity index is 1.72. The first-order valence-corrected chi connectivity index (χ1v) is 11.5. The number of nitrogens with zero attached hydrogens (tertiary/aromatic N) is 2. The number of benzene rings is 2. The number of aromatic nitrogens is 1. The number of amides is 1. The molecule has 6 nitrogen and oxygen atoms in total. The van der Waals surface area contributed by atoms with Crippen LogP contribution in [-0.2, 0) is 0 Å². The van der Waals surface area contributed by atoms with Crippen LogP contribution in [0.2, 0.25) is 0 Å². The average Bonchev–Trinajstić information content (AvgIpc) is 3.29. The van der Waals surface area contributed by atoms with Crippen molar-refractivity contribution in [3.63, 3.8) is 0 Å². The summed E-state index contributed by atoms with van der Waals surface area (Å²) in [5.74, 6) is -0.333. The van der Waals surface area contributed by atoms with E-state index in [1.165, 1.54) is 28.4 Å². The molecule has 5 rings (SSSR count). The van der Waals surface area contributed by atoms with E-state index in [-0.39, 0.29) is 22.3 Å². The van der Waals surface area contributed by atoms with Crippen LogP contribution in [0.3, 0.4) is 0 Å². The van der Waals surface area contributed by atoms with Crippen LogP contribution in [0.1, 0.15) is 51.6 Å². The maximum absolute atomic E-state index is 13.9. The Labute approximate surface area is 193 Å². The Morgan fingerprint density at radius 3 is 2.58 bits per heavy atom. The van der Waals surface area contributed by atoms with E-state index < -0.39 is 23.2 Å². The molecule has 4 aromatic rings. The lowest BCUT2D eigenvalue weighted by atomic mass is 9.98. The van der Waals surface area contributed by atoms with Crippen molar-refractivity contribution in [1.82, 2.24) is 4.98 Å². The molecular weight excluding hydrogens is 443 g/mol. The Hall–Kier alpha value is -3.52. The molecule has 0 saturated carbocycles. The van der Waals surface area contributed by atoms with Gasteiger partial charge in [0.25, 0.3) is 5.91 Å². The molecule has 0 saturated heterocycles. The molecule has 1 unspecified atom stereocenters. The lowest BCUT2D eigenvalue weighted by Gasteiger charge is -2.22. The summed E-state index contributed by atoms with van der Waals surface area (Å²) in [6.45, 7) is 6.42. The molecule has 3 heterocycles. The number of carbonyl (C=O) groups excluding carboxylic acids is 1. The molecule has 8 heteroatoms. The largest absolute Gasteiger partial charge is 0.494 e. The maximum atomic E-state index is 13.9. The summed E-state index contributed by atoms with van der Waals surface area (Å²) in [7, 11) is 0. The SMILES string of the molecule is CCCOc1ccc(C2c3c(oc4ccc(F)cc4c3=O)C(=O)N2c2nc(C)c(C)s2)cc1. The van der Waals surface area contributed by atoms with Gasteiger partial charge in [-0.05, 0) is 56.2 Å². The third-order valence-electron chi connectivity index (χ3n) is 5.72. The van der Waals surface area contributed by atoms with Crippen molar-refractivity contribution in [1.29, 1.82) is 0 Å². The minimum Gasteiger partial charge on any atom is -0.494 e. The number of aryl methyl sites for hydroxylation is 2. The van der Waals surface area contributed by atoms with Crippen LogP contribution < -0.4 is 15.1 Å². The van der Waals surface area contributed by atoms with Gasteiger partial charge < -0.3 is 9.15 Å². The van der Waals surface area contributed by atoms with Gasteiger partial charge in [0, 0.05) is 4.88 Å². The van der Waals surface area contributed by atoms with Crippen LogP contribution in [-0.4, -0.2) is 17.5 Å². The summed E-state index contributed by atoms with van der Waals surface area (Å²) in [6.07, 6.45) is 0.882. The van der Waals surface area contributed by atoms with Crippen molar-refractivity contribution in [2.45, 2.75) is 33.2 Å². The zero-order chi connectivity index (χ0) is 23.3. The number of fused-ring (bicyclic) bond motifs is 2. The molecule has 2 aromatic carbocycles. The third-order valence-corrected chi connectivity index (χ3v) is 6.80. The van der Waals surface area contributed by atoms with E-state index in [9.17, 15) is 14.0 Å². The Morgan fingerprint density at radius 1 is 1.15 bits per heavy atom. The Morgan fingerprint density at radius 2 is 1.91 bits per heavy atom. The highest BCUT2D eigenvalue weighted by Gasteiger charge is 2.45. The maximum Gasteiger partial charge on any atom is 0.297 e. The summed E-state index contributed by atoms with van der Waals surface area (Å²) in [5.41, 5.74) is 1.45. The van der Waals surface area contributed by atoms with Gasteiger partial charge in [-0.25, -0.2) is 9.37 Å². The smallest absolute Gasteiger partial charge is 0.297 e. The fourth-order valence-corrected chi connectivity index (χ4v) is 4.92. The second-order valence-electron chi connectivity index (χ2n) is 7.95. The number of thiazole rings is 1. The monoisotopic (exact) mass is 464 g/mol. The highest BCUT2D eigenvalue weighted by molar-refractivity contribution is 7.15. The molecule has 0 spiro atoms. The van der Waals surface area contributed by atoms with E-state index in [1.54, 1.807) is 0 Å². The molecule has 1 atom stereocenters. The highest BCUT2D eigenvalue weighted by Crippen LogP contribution is 2.43. The van der Waals surface area contributed by atoms with Gasteiger partial charge >= 0.3 is 0 Å². The van der Waals surface area contributed by atoms with Crippen LogP contribution in [0.5, 0.6) is 5.75 Å². The van der Waals surface area contributed by atoms with Crippen molar-refractivity contribution in [2.75, 3.05) is 11.5 Å². The first kappa shape index (κ1) is 21.3. The predicted molar refractivity (Wildman–Crippen MR) is 125 cm³/mol. The standard InChI is InChI=1S/C25H21FN2O4S/c1-4-11-31-17-8-5-15(6-9-17)21-20-22(29)18-12-16(26)7-10-19(18)32-23(20)24(30)28(21)25-27-13(2)14(3)33-25/h5-10,12,21H,4,11H2,1-3H3. The van der Waals surface area contributed by atoms with Gasteiger partial charge in [0.1, 0.15) is 17.1 Å². The third kappa shape index (κ3) is 3.51. The molecule has 168 valence electrons. The fraction of sp³-hybridized carbons (Fsp3) is 0.240. The van der Waals surface area contributed by atoms with Gasteiger partial charge in [0.05, 0.1) is 29.3 Å².